The number of nitrogens with zero attached hydrogens (tertiary/aromatic N) is 1. The predicted octanol–water partition coefficient (Wildman–Crippen LogP) is 0.448. The average Bonchev–Trinajstić information content (AvgIpc) is 2.84. The highest BCUT2D eigenvalue weighted by Crippen LogP contribution is 2.14. The first-order chi connectivity index (χ1) is 8.58. The molecule has 1 saturated heterocycles. The van der Waals surface area contributed by atoms with E-state index in [4.69, 9.17) is 4.74 Å². The van der Waals surface area contributed by atoms with Crippen LogP contribution in [0.4, 0.5) is 0 Å². The van der Waals surface area contributed by atoms with Crippen LogP contribution in [0.1, 0.15) is 26.7 Å². The van der Waals surface area contributed by atoms with Gasteiger partial charge in [-0.1, -0.05) is 0 Å². The SMILES string of the molecule is CCN(CC1CCCO1)C(=O)C(CS)NC(C)=O. The number of hydrogen-bond donors (Lipinski definition) is 2. The van der Waals surface area contributed by atoms with Crippen molar-refractivity contribution < 1.29 is 14.3 Å². The maximum absolute atomic E-state index is 12.2. The Labute approximate surface area is 114 Å². The summed E-state index contributed by atoms with van der Waals surface area (Å²) in [5.74, 6) is 0.00855. The number of amides is 2. The lowest BCUT2D eigenvalue weighted by atomic mass is 10.2. The Hall–Kier alpha value is -0.750. The molecule has 104 valence electrons. The number of nitrogens with one attached hydrogen (secondary N) is 1. The van der Waals surface area contributed by atoms with Gasteiger partial charge < -0.3 is 15.0 Å². The van der Waals surface area contributed by atoms with Crippen molar-refractivity contribution in [3.63, 3.8) is 0 Å². The molecule has 0 aromatic carbocycles. The number of ether oxygens (including phenoxy) is 1. The van der Waals surface area contributed by atoms with Gasteiger partial charge in [0.15, 0.2) is 0 Å². The van der Waals surface area contributed by atoms with Gasteiger partial charge in [0.2, 0.25) is 11.8 Å². The van der Waals surface area contributed by atoms with E-state index in [2.05, 4.69) is 17.9 Å². The van der Waals surface area contributed by atoms with Gasteiger partial charge in [-0.05, 0) is 19.8 Å². The van der Waals surface area contributed by atoms with E-state index in [1.165, 1.54) is 6.92 Å². The van der Waals surface area contributed by atoms with Gasteiger partial charge in [0.05, 0.1) is 6.10 Å². The second-order valence-electron chi connectivity index (χ2n) is 4.45. The van der Waals surface area contributed by atoms with Crippen LogP contribution in [-0.4, -0.2) is 54.3 Å². The van der Waals surface area contributed by atoms with Crippen LogP contribution in [0.3, 0.4) is 0 Å². The van der Waals surface area contributed by atoms with Crippen molar-refractivity contribution in [1.29, 1.82) is 0 Å². The summed E-state index contributed by atoms with van der Waals surface area (Å²) in [5.41, 5.74) is 0. The lowest BCUT2D eigenvalue weighted by Crippen LogP contribution is -2.50. The van der Waals surface area contributed by atoms with Crippen LogP contribution in [0.2, 0.25) is 0 Å². The van der Waals surface area contributed by atoms with Gasteiger partial charge in [0.25, 0.3) is 0 Å². The van der Waals surface area contributed by atoms with Gasteiger partial charge in [-0.3, -0.25) is 9.59 Å². The number of hydrogen-bond acceptors (Lipinski definition) is 4. The van der Waals surface area contributed by atoms with Crippen LogP contribution in [0.15, 0.2) is 0 Å². The fourth-order valence-corrected chi connectivity index (χ4v) is 2.31. The number of rotatable bonds is 6. The average molecular weight is 274 g/mol. The molecule has 5 nitrogen and oxygen atoms in total. The molecule has 2 unspecified atom stereocenters. The molecule has 1 aliphatic heterocycles. The third-order valence-electron chi connectivity index (χ3n) is 3.00. The van der Waals surface area contributed by atoms with Gasteiger partial charge >= 0.3 is 0 Å². The normalized spacial score (nSPS) is 20.5. The van der Waals surface area contributed by atoms with Crippen LogP contribution in [0.5, 0.6) is 0 Å². The number of carbonyl (C=O) groups is 2. The Kier molecular flexibility index (Phi) is 6.49. The fraction of sp³-hybridized carbons (Fsp3) is 0.833. The minimum atomic E-state index is -0.549. The number of likely N-dealkylation sites (N-methyl/N-ethyl adjacent to an activating group) is 1. The van der Waals surface area contributed by atoms with E-state index in [1.807, 2.05) is 6.92 Å². The maximum Gasteiger partial charge on any atom is 0.246 e. The van der Waals surface area contributed by atoms with Crippen molar-refractivity contribution in [3.8, 4) is 0 Å². The van der Waals surface area contributed by atoms with Crippen molar-refractivity contribution in [2.24, 2.45) is 0 Å². The van der Waals surface area contributed by atoms with Crippen molar-refractivity contribution in [1.82, 2.24) is 10.2 Å². The molecule has 2 amide bonds. The van der Waals surface area contributed by atoms with Crippen molar-refractivity contribution in [2.45, 2.75) is 38.8 Å². The van der Waals surface area contributed by atoms with Gasteiger partial charge in [0, 0.05) is 32.4 Å². The summed E-state index contributed by atoms with van der Waals surface area (Å²) < 4.78 is 5.53. The molecule has 0 aromatic rings. The Bertz CT molecular complexity index is 293. The van der Waals surface area contributed by atoms with Gasteiger partial charge in [-0.15, -0.1) is 0 Å². The summed E-state index contributed by atoms with van der Waals surface area (Å²) in [6, 6.07) is -0.549. The Balaban J connectivity index is 2.55. The molecular weight excluding hydrogens is 252 g/mol. The topological polar surface area (TPSA) is 58.6 Å². The largest absolute Gasteiger partial charge is 0.376 e. The Morgan fingerprint density at radius 2 is 2.28 bits per heavy atom. The quantitative estimate of drug-likeness (QED) is 0.691. The molecule has 1 rings (SSSR count). The molecule has 0 aliphatic carbocycles. The maximum atomic E-state index is 12.2. The van der Waals surface area contributed by atoms with Crippen LogP contribution < -0.4 is 5.32 Å². The van der Waals surface area contributed by atoms with Crippen molar-refractivity contribution in [2.75, 3.05) is 25.4 Å². The molecule has 18 heavy (non-hydrogen) atoms. The van der Waals surface area contributed by atoms with E-state index in [0.29, 0.717) is 18.8 Å². The van der Waals surface area contributed by atoms with Crippen molar-refractivity contribution >= 4 is 24.4 Å². The monoisotopic (exact) mass is 274 g/mol. The molecule has 1 heterocycles. The first kappa shape index (κ1) is 15.3. The molecule has 6 heteroatoms. The molecule has 1 aliphatic rings. The summed E-state index contributed by atoms with van der Waals surface area (Å²) in [5, 5.41) is 2.62. The van der Waals surface area contributed by atoms with Crippen LogP contribution in [0, 0.1) is 0 Å². The van der Waals surface area contributed by atoms with Crippen LogP contribution in [0.25, 0.3) is 0 Å². The molecule has 0 radical (unpaired) electrons. The van der Waals surface area contributed by atoms with Crippen LogP contribution >= 0.6 is 12.6 Å². The minimum absolute atomic E-state index is 0.0850. The first-order valence-corrected chi connectivity index (χ1v) is 7.00. The summed E-state index contributed by atoms with van der Waals surface area (Å²) in [4.78, 5) is 25.0. The first-order valence-electron chi connectivity index (χ1n) is 6.36. The van der Waals surface area contributed by atoms with E-state index < -0.39 is 6.04 Å². The minimum Gasteiger partial charge on any atom is -0.376 e. The summed E-state index contributed by atoms with van der Waals surface area (Å²) >= 11 is 4.12. The highest BCUT2D eigenvalue weighted by molar-refractivity contribution is 7.80. The smallest absolute Gasteiger partial charge is 0.246 e. The molecule has 0 bridgehead atoms. The van der Waals surface area contributed by atoms with Gasteiger partial charge in [-0.2, -0.15) is 12.6 Å². The standard InChI is InChI=1S/C12H22N2O3S/c1-3-14(7-10-5-4-6-17-10)12(16)11(8-18)13-9(2)15/h10-11,18H,3-8H2,1-2H3,(H,13,15). The van der Waals surface area contributed by atoms with Crippen molar-refractivity contribution in [3.05, 3.63) is 0 Å². The molecule has 0 spiro atoms. The zero-order valence-electron chi connectivity index (χ0n) is 11.0. The molecule has 1 fully saturated rings. The van der Waals surface area contributed by atoms with E-state index >= 15 is 0 Å². The fourth-order valence-electron chi connectivity index (χ4n) is 2.06. The molecule has 0 saturated carbocycles. The van der Waals surface area contributed by atoms with E-state index in [0.717, 1.165) is 19.4 Å². The second-order valence-corrected chi connectivity index (χ2v) is 4.81. The second kappa shape index (κ2) is 7.63. The third-order valence-corrected chi connectivity index (χ3v) is 3.36. The number of thiol groups is 1. The van der Waals surface area contributed by atoms with E-state index in [1.54, 1.807) is 4.90 Å². The Morgan fingerprint density at radius 1 is 1.56 bits per heavy atom. The molecular formula is C12H22N2O3S. The van der Waals surface area contributed by atoms with Gasteiger partial charge in [-0.25, -0.2) is 0 Å². The lowest BCUT2D eigenvalue weighted by Gasteiger charge is -2.27. The Morgan fingerprint density at radius 3 is 2.72 bits per heavy atom. The predicted molar refractivity (Wildman–Crippen MR) is 72.7 cm³/mol. The zero-order valence-corrected chi connectivity index (χ0v) is 11.9. The highest BCUT2D eigenvalue weighted by atomic mass is 32.1. The highest BCUT2D eigenvalue weighted by Gasteiger charge is 2.26. The van der Waals surface area contributed by atoms with E-state index in [9.17, 15) is 9.59 Å². The molecule has 0 aromatic heterocycles. The molecule has 2 atom stereocenters. The summed E-state index contributed by atoms with van der Waals surface area (Å²) in [6.07, 6.45) is 2.18. The molecule has 1 N–H and O–H groups in total. The van der Waals surface area contributed by atoms with Crippen LogP contribution in [-0.2, 0) is 14.3 Å². The number of carbonyl (C=O) groups excluding carboxylic acids is 2. The summed E-state index contributed by atoms with van der Waals surface area (Å²) in [6.45, 7) is 5.32. The lowest BCUT2D eigenvalue weighted by molar-refractivity contribution is -0.136. The zero-order chi connectivity index (χ0) is 13.5. The summed E-state index contributed by atoms with van der Waals surface area (Å²) in [7, 11) is 0. The van der Waals surface area contributed by atoms with Gasteiger partial charge in [0.1, 0.15) is 6.04 Å². The third kappa shape index (κ3) is 4.49. The van der Waals surface area contributed by atoms with E-state index in [-0.39, 0.29) is 17.9 Å².